The van der Waals surface area contributed by atoms with Crippen LogP contribution >= 0.6 is 11.6 Å². The number of hydrogen-bond acceptors (Lipinski definition) is 3. The summed E-state index contributed by atoms with van der Waals surface area (Å²) in [6.07, 6.45) is 9.56. The first-order valence-corrected chi connectivity index (χ1v) is 10.9. The van der Waals surface area contributed by atoms with E-state index >= 15 is 0 Å². The molecule has 0 radical (unpaired) electrons. The van der Waals surface area contributed by atoms with Gasteiger partial charge in [-0.2, -0.15) is 0 Å². The summed E-state index contributed by atoms with van der Waals surface area (Å²) in [5, 5.41) is 5.13. The van der Waals surface area contributed by atoms with Crippen molar-refractivity contribution in [2.75, 3.05) is 13.7 Å². The molecule has 2 N–H and O–H groups in total. The number of fused-ring (bicyclic) bond motifs is 1. The third kappa shape index (κ3) is 4.45. The third-order valence-corrected chi connectivity index (χ3v) is 6.20. The Morgan fingerprint density at radius 1 is 1.17 bits per heavy atom. The molecule has 1 atom stereocenters. The zero-order chi connectivity index (χ0) is 20.9. The smallest absolute Gasteiger partial charge is 0.338 e. The highest BCUT2D eigenvalue weighted by molar-refractivity contribution is 6.35. The summed E-state index contributed by atoms with van der Waals surface area (Å²) >= 11 is 6.32. The molecule has 2 heterocycles. The summed E-state index contributed by atoms with van der Waals surface area (Å²) in [5.41, 5.74) is 5.26. The van der Waals surface area contributed by atoms with Gasteiger partial charge in [-0.25, -0.2) is 4.79 Å². The van der Waals surface area contributed by atoms with E-state index in [0.29, 0.717) is 16.6 Å². The molecular weight excluding hydrogens is 396 g/mol. The van der Waals surface area contributed by atoms with Crippen LogP contribution in [0.2, 0.25) is 5.02 Å². The molecule has 30 heavy (non-hydrogen) atoms. The number of esters is 1. The second kappa shape index (κ2) is 9.50. The lowest BCUT2D eigenvalue weighted by Gasteiger charge is -2.24. The van der Waals surface area contributed by atoms with E-state index in [4.69, 9.17) is 16.3 Å². The summed E-state index contributed by atoms with van der Waals surface area (Å²) in [5.74, 6) is -0.329. The highest BCUT2D eigenvalue weighted by Crippen LogP contribution is 2.31. The van der Waals surface area contributed by atoms with E-state index in [1.54, 1.807) is 12.1 Å². The number of methoxy groups -OCH3 is 1. The fourth-order valence-electron chi connectivity index (χ4n) is 4.33. The van der Waals surface area contributed by atoms with Crippen molar-refractivity contribution in [1.82, 2.24) is 10.3 Å². The largest absolute Gasteiger partial charge is 0.465 e. The Morgan fingerprint density at radius 3 is 2.80 bits per heavy atom. The minimum absolute atomic E-state index is 0.329. The average molecular weight is 423 g/mol. The second-order valence-electron chi connectivity index (χ2n) is 7.80. The molecule has 4 rings (SSSR count). The number of unbranched alkanes of at least 4 members (excludes halogenated alkanes) is 1. The molecular formula is C25H27ClN2O2. The van der Waals surface area contributed by atoms with Crippen LogP contribution in [0.15, 0.2) is 54.7 Å². The topological polar surface area (TPSA) is 54.1 Å². The molecule has 1 aliphatic heterocycles. The van der Waals surface area contributed by atoms with Gasteiger partial charge >= 0.3 is 5.97 Å². The van der Waals surface area contributed by atoms with Crippen molar-refractivity contribution in [2.24, 2.45) is 0 Å². The first-order valence-electron chi connectivity index (χ1n) is 10.5. The molecule has 0 spiro atoms. The zero-order valence-electron chi connectivity index (χ0n) is 17.2. The number of H-pyrrole nitrogens is 1. The lowest BCUT2D eigenvalue weighted by molar-refractivity contribution is 0.0603. The molecule has 0 aliphatic carbocycles. The fraction of sp³-hybridized carbons (Fsp3) is 0.320. The minimum Gasteiger partial charge on any atom is -0.465 e. The molecule has 0 fully saturated rings. The van der Waals surface area contributed by atoms with Crippen molar-refractivity contribution in [2.45, 2.75) is 38.1 Å². The molecule has 0 saturated carbocycles. The molecule has 1 unspecified atom stereocenters. The first kappa shape index (κ1) is 20.7. The number of carbonyl (C=O) groups excluding carboxylic acids is 1. The maximum atomic E-state index is 12.2. The predicted molar refractivity (Wildman–Crippen MR) is 123 cm³/mol. The molecule has 2 aromatic carbocycles. The van der Waals surface area contributed by atoms with Crippen LogP contribution in [0.3, 0.4) is 0 Å². The lowest BCUT2D eigenvalue weighted by atomic mass is 9.92. The normalized spacial score (nSPS) is 16.5. The van der Waals surface area contributed by atoms with Crippen LogP contribution in [-0.4, -0.2) is 30.6 Å². The maximum Gasteiger partial charge on any atom is 0.338 e. The van der Waals surface area contributed by atoms with Crippen molar-refractivity contribution in [3.63, 3.8) is 0 Å². The van der Waals surface area contributed by atoms with E-state index in [9.17, 15) is 4.79 Å². The van der Waals surface area contributed by atoms with Crippen molar-refractivity contribution < 1.29 is 9.53 Å². The molecule has 0 saturated heterocycles. The van der Waals surface area contributed by atoms with E-state index < -0.39 is 0 Å². The van der Waals surface area contributed by atoms with E-state index in [1.807, 2.05) is 6.20 Å². The summed E-state index contributed by atoms with van der Waals surface area (Å²) in [7, 11) is 1.41. The van der Waals surface area contributed by atoms with Crippen LogP contribution in [0.5, 0.6) is 0 Å². The Hall–Kier alpha value is -2.56. The van der Waals surface area contributed by atoms with Gasteiger partial charge in [0, 0.05) is 24.2 Å². The van der Waals surface area contributed by atoms with Crippen molar-refractivity contribution >= 4 is 34.0 Å². The number of aryl methyl sites for hydroxylation is 1. The maximum absolute atomic E-state index is 12.2. The summed E-state index contributed by atoms with van der Waals surface area (Å²) in [6, 6.07) is 14.6. The van der Waals surface area contributed by atoms with Gasteiger partial charge < -0.3 is 15.0 Å². The summed E-state index contributed by atoms with van der Waals surface area (Å²) in [6.45, 7) is 0.929. The van der Waals surface area contributed by atoms with Crippen LogP contribution < -0.4 is 5.32 Å². The Bertz CT molecular complexity index is 1060. The third-order valence-electron chi connectivity index (χ3n) is 5.89. The van der Waals surface area contributed by atoms with Crippen molar-refractivity contribution in [1.29, 1.82) is 0 Å². The number of nitrogens with one attached hydrogen (secondary N) is 2. The molecule has 3 aromatic rings. The van der Waals surface area contributed by atoms with Gasteiger partial charge in [-0.05, 0) is 54.5 Å². The van der Waals surface area contributed by atoms with E-state index in [2.05, 4.69) is 46.7 Å². The monoisotopic (exact) mass is 422 g/mol. The number of aromatic nitrogens is 1. The predicted octanol–water partition coefficient (Wildman–Crippen LogP) is 5.77. The molecule has 0 bridgehead atoms. The second-order valence-corrected chi connectivity index (χ2v) is 8.21. The summed E-state index contributed by atoms with van der Waals surface area (Å²) in [4.78, 5) is 15.4. The van der Waals surface area contributed by atoms with Crippen LogP contribution in [0.25, 0.3) is 16.5 Å². The van der Waals surface area contributed by atoms with Crippen LogP contribution in [0.4, 0.5) is 0 Å². The number of ether oxygens (including phenoxy) is 1. The zero-order valence-corrected chi connectivity index (χ0v) is 18.0. The van der Waals surface area contributed by atoms with E-state index in [1.165, 1.54) is 18.2 Å². The molecule has 4 nitrogen and oxygen atoms in total. The highest BCUT2D eigenvalue weighted by Gasteiger charge is 2.18. The quantitative estimate of drug-likeness (QED) is 0.375. The number of rotatable bonds is 7. The molecule has 156 valence electrons. The lowest BCUT2D eigenvalue weighted by Crippen LogP contribution is -2.32. The van der Waals surface area contributed by atoms with Crippen LogP contribution in [0.1, 0.15) is 47.2 Å². The van der Waals surface area contributed by atoms with Crippen LogP contribution in [0, 0.1) is 0 Å². The molecule has 1 aliphatic rings. The Labute approximate surface area is 182 Å². The van der Waals surface area contributed by atoms with Gasteiger partial charge in [-0.1, -0.05) is 54.4 Å². The average Bonchev–Trinajstić information content (AvgIpc) is 3.22. The molecule has 1 aromatic heterocycles. The van der Waals surface area contributed by atoms with Gasteiger partial charge in [0.05, 0.1) is 23.2 Å². The van der Waals surface area contributed by atoms with Gasteiger partial charge in [-0.15, -0.1) is 0 Å². The number of halogens is 1. The van der Waals surface area contributed by atoms with E-state index in [-0.39, 0.29) is 5.97 Å². The Kier molecular flexibility index (Phi) is 6.56. The fourth-order valence-corrected chi connectivity index (χ4v) is 4.54. The van der Waals surface area contributed by atoms with E-state index in [0.717, 1.165) is 55.1 Å². The SMILES string of the molecule is COC(=O)c1ccc(Cl)c2[nH]cc(CCCCC3CC(c4ccccc4)=CCN3)c12. The van der Waals surface area contributed by atoms with Gasteiger partial charge in [0.25, 0.3) is 0 Å². The standard InChI is InChI=1S/C25H27ClN2O2/c1-30-25(29)21-11-12-22(26)24-23(21)19(16-28-24)9-5-6-10-20-15-18(13-14-27-20)17-7-3-2-4-8-17/h2-4,7-8,11-13,16,20,27-28H,5-6,9-10,14-15H2,1H3. The van der Waals surface area contributed by atoms with Crippen molar-refractivity contribution in [3.8, 4) is 0 Å². The van der Waals surface area contributed by atoms with Crippen molar-refractivity contribution in [3.05, 3.63) is 76.5 Å². The highest BCUT2D eigenvalue weighted by atomic mass is 35.5. The first-order chi connectivity index (χ1) is 14.7. The molecule has 0 amide bonds. The Balaban J connectivity index is 1.36. The number of benzene rings is 2. The number of hydrogen-bond donors (Lipinski definition) is 2. The van der Waals surface area contributed by atoms with Gasteiger partial charge in [0.15, 0.2) is 0 Å². The van der Waals surface area contributed by atoms with Gasteiger partial charge in [-0.3, -0.25) is 0 Å². The molecule has 5 heteroatoms. The van der Waals surface area contributed by atoms with Gasteiger partial charge in [0.2, 0.25) is 0 Å². The Morgan fingerprint density at radius 2 is 2.00 bits per heavy atom. The number of carbonyl (C=O) groups is 1. The van der Waals surface area contributed by atoms with Crippen LogP contribution in [-0.2, 0) is 11.2 Å². The summed E-state index contributed by atoms with van der Waals surface area (Å²) < 4.78 is 4.95. The number of aromatic amines is 1. The van der Waals surface area contributed by atoms with Gasteiger partial charge in [0.1, 0.15) is 0 Å². The minimum atomic E-state index is -0.329.